The number of imidazole rings is 1. The fourth-order valence-corrected chi connectivity index (χ4v) is 2.48. The smallest absolute Gasteiger partial charge is 0.394 e. The van der Waals surface area contributed by atoms with Crippen molar-refractivity contribution in [1.29, 1.82) is 0 Å². The van der Waals surface area contributed by atoms with E-state index in [1.807, 2.05) is 13.8 Å². The number of carbonyl (C=O) groups is 1. The number of H-pyrrole nitrogens is 1. The summed E-state index contributed by atoms with van der Waals surface area (Å²) >= 11 is 0. The van der Waals surface area contributed by atoms with Crippen LogP contribution in [0.5, 0.6) is 0 Å². The van der Waals surface area contributed by atoms with Crippen molar-refractivity contribution in [2.24, 2.45) is 5.92 Å². The van der Waals surface area contributed by atoms with Gasteiger partial charge in [0, 0.05) is 10.5 Å². The topological polar surface area (TPSA) is 180 Å². The second-order valence-corrected chi connectivity index (χ2v) is 6.61. The van der Waals surface area contributed by atoms with Crippen LogP contribution in [0.4, 0.5) is 5.95 Å². The van der Waals surface area contributed by atoms with Crippen molar-refractivity contribution in [3.05, 3.63) is 16.7 Å². The number of aliphatic hydroxyl groups is 1. The van der Waals surface area contributed by atoms with E-state index < -0.39 is 13.8 Å². The van der Waals surface area contributed by atoms with Crippen LogP contribution in [0.3, 0.4) is 0 Å². The number of aromatic amines is 1. The third kappa shape index (κ3) is 6.94. The molecule has 1 amide bonds. The van der Waals surface area contributed by atoms with Gasteiger partial charge in [0.15, 0.2) is 11.2 Å². The van der Waals surface area contributed by atoms with Crippen LogP contribution in [0.25, 0.3) is 11.2 Å². The predicted octanol–water partition coefficient (Wildman–Crippen LogP) is 1.04. The van der Waals surface area contributed by atoms with Gasteiger partial charge in [-0.1, -0.05) is 27.7 Å². The highest BCUT2D eigenvalue weighted by Gasteiger charge is 2.28. The van der Waals surface area contributed by atoms with E-state index in [1.54, 1.807) is 18.4 Å². The molecule has 2 aromatic heterocycles. The zero-order chi connectivity index (χ0) is 22.1. The van der Waals surface area contributed by atoms with Gasteiger partial charge in [-0.3, -0.25) is 24.5 Å². The Morgan fingerprint density at radius 1 is 1.41 bits per heavy atom. The van der Waals surface area contributed by atoms with Crippen molar-refractivity contribution >= 4 is 31.3 Å². The van der Waals surface area contributed by atoms with E-state index in [0.717, 1.165) is 6.42 Å². The molecule has 12 nitrogen and oxygen atoms in total. The zero-order valence-electron chi connectivity index (χ0n) is 16.7. The molecule has 29 heavy (non-hydrogen) atoms. The largest absolute Gasteiger partial charge is 0.692 e. The summed E-state index contributed by atoms with van der Waals surface area (Å²) in [6.07, 6.45) is 2.35. The Bertz CT molecular complexity index is 878. The van der Waals surface area contributed by atoms with Crippen molar-refractivity contribution in [1.82, 2.24) is 19.5 Å². The highest BCUT2D eigenvalue weighted by Crippen LogP contribution is 2.29. The fraction of sp³-hybridized carbons (Fsp3) is 0.625. The van der Waals surface area contributed by atoms with Crippen LogP contribution in [-0.4, -0.2) is 53.0 Å². The summed E-state index contributed by atoms with van der Waals surface area (Å²) in [6, 6.07) is 0. The molecule has 162 valence electrons. The van der Waals surface area contributed by atoms with Crippen LogP contribution in [0.2, 0.25) is 0 Å². The van der Waals surface area contributed by atoms with Gasteiger partial charge in [0.1, 0.15) is 6.23 Å². The maximum absolute atomic E-state index is 12.1. The molecule has 2 aromatic rings. The molecule has 3 heterocycles. The Morgan fingerprint density at radius 3 is 2.55 bits per heavy atom. The monoisotopic (exact) mass is 432 g/mol. The van der Waals surface area contributed by atoms with Gasteiger partial charge in [-0.2, -0.15) is 4.98 Å². The van der Waals surface area contributed by atoms with Crippen LogP contribution < -0.4 is 10.9 Å². The van der Waals surface area contributed by atoms with Crippen LogP contribution in [0.1, 0.15) is 46.8 Å². The van der Waals surface area contributed by atoms with Crippen LogP contribution in [-0.2, 0) is 14.1 Å². The molecule has 2 unspecified atom stereocenters. The fourth-order valence-electron chi connectivity index (χ4n) is 2.48. The second kappa shape index (κ2) is 11.7. The minimum absolute atomic E-state index is 0.0488. The molecular weight excluding hydrogens is 405 g/mol. The van der Waals surface area contributed by atoms with Gasteiger partial charge in [-0.15, -0.1) is 9.79 Å². The van der Waals surface area contributed by atoms with Gasteiger partial charge < -0.3 is 9.84 Å². The molecule has 1 saturated heterocycles. The Balaban J connectivity index is 0.000000627. The van der Waals surface area contributed by atoms with Crippen molar-refractivity contribution in [3.63, 3.8) is 0 Å². The summed E-state index contributed by atoms with van der Waals surface area (Å²) in [5, 5.41) is 11.7. The first kappa shape index (κ1) is 24.8. The lowest BCUT2D eigenvalue weighted by Gasteiger charge is -2.14. The molecule has 0 bridgehead atoms. The van der Waals surface area contributed by atoms with Gasteiger partial charge in [-0.05, 0) is 12.8 Å². The number of nitrogens with zero attached hydrogens (tertiary/aromatic N) is 3. The number of aliphatic hydroxyl groups excluding tert-OH is 1. The number of hydrogen-bond acceptors (Lipinski definition) is 7. The Kier molecular flexibility index (Phi) is 9.99. The van der Waals surface area contributed by atoms with Crippen LogP contribution in [0, 0.1) is 5.92 Å². The predicted molar refractivity (Wildman–Crippen MR) is 105 cm³/mol. The lowest BCUT2D eigenvalue weighted by Crippen LogP contribution is -2.22. The summed E-state index contributed by atoms with van der Waals surface area (Å²) in [5.41, 5.74) is 0.101. The van der Waals surface area contributed by atoms with E-state index in [2.05, 4.69) is 20.3 Å². The number of carbonyl (C=O) groups excluding carboxylic acids is 1. The van der Waals surface area contributed by atoms with E-state index in [9.17, 15) is 9.59 Å². The van der Waals surface area contributed by atoms with Crippen LogP contribution >= 0.6 is 8.25 Å². The standard InChI is InChI=1S/C14H19N5O4.C2H6.HO3P/c1-7(2)12(21)17-14-16-11-10(13(22)18-14)15-6-19(11)9-4-3-8(5-20)23-9;1-2;1-4(2)3/h6-9,20H,3-5H2,1-2H3,(H2,16,17,18,21,22);1-2H3;(H-,1,2,3)/p+1. The molecule has 0 spiro atoms. The third-order valence-electron chi connectivity index (χ3n) is 3.80. The normalized spacial score (nSPS) is 17.9. The van der Waals surface area contributed by atoms with Crippen molar-refractivity contribution in [2.75, 3.05) is 11.9 Å². The molecular formula is C16H27N5O7P+. The van der Waals surface area contributed by atoms with E-state index >= 15 is 0 Å². The average Bonchev–Trinajstić information content (AvgIpc) is 3.29. The number of nitrogens with one attached hydrogen (secondary N) is 2. The average molecular weight is 432 g/mol. The minimum Gasteiger partial charge on any atom is -0.394 e. The number of anilines is 1. The highest BCUT2D eigenvalue weighted by atomic mass is 31.1. The first-order chi connectivity index (χ1) is 13.7. The van der Waals surface area contributed by atoms with Gasteiger partial charge >= 0.3 is 8.25 Å². The van der Waals surface area contributed by atoms with Crippen molar-refractivity contribution in [2.45, 2.75) is 52.9 Å². The Labute approximate surface area is 167 Å². The quantitative estimate of drug-likeness (QED) is 0.441. The van der Waals surface area contributed by atoms with E-state index in [1.165, 1.54) is 6.33 Å². The van der Waals surface area contributed by atoms with E-state index in [0.29, 0.717) is 12.1 Å². The maximum Gasteiger partial charge on any atom is 0.692 e. The van der Waals surface area contributed by atoms with Gasteiger partial charge in [-0.25, -0.2) is 4.98 Å². The Morgan fingerprint density at radius 2 is 2.03 bits per heavy atom. The maximum atomic E-state index is 12.1. The molecule has 0 aromatic carbocycles. The third-order valence-corrected chi connectivity index (χ3v) is 3.80. The molecule has 5 N–H and O–H groups in total. The molecule has 0 radical (unpaired) electrons. The number of fused-ring (bicyclic) bond motifs is 1. The summed E-state index contributed by atoms with van der Waals surface area (Å²) in [5.74, 6) is -0.389. The van der Waals surface area contributed by atoms with Gasteiger partial charge in [0.2, 0.25) is 11.9 Å². The number of amides is 1. The van der Waals surface area contributed by atoms with E-state index in [-0.39, 0.29) is 42.2 Å². The first-order valence-corrected chi connectivity index (χ1v) is 10.3. The molecule has 1 fully saturated rings. The molecule has 13 heteroatoms. The number of ether oxygens (including phenoxy) is 1. The molecule has 0 aliphatic carbocycles. The lowest BCUT2D eigenvalue weighted by atomic mass is 10.2. The number of aromatic nitrogens is 4. The molecule has 1 aliphatic rings. The Hall–Kier alpha value is -2.24. The van der Waals surface area contributed by atoms with Gasteiger partial charge in [0.05, 0.1) is 19.0 Å². The highest BCUT2D eigenvalue weighted by molar-refractivity contribution is 7.30. The number of rotatable bonds is 4. The van der Waals surface area contributed by atoms with E-state index in [4.69, 9.17) is 24.2 Å². The second-order valence-electron chi connectivity index (χ2n) is 6.11. The van der Waals surface area contributed by atoms with Crippen LogP contribution in [0.15, 0.2) is 11.1 Å². The molecule has 2 atom stereocenters. The molecule has 0 saturated carbocycles. The molecule has 1 aliphatic heterocycles. The molecule has 3 rings (SSSR count). The minimum atomic E-state index is -2.87. The summed E-state index contributed by atoms with van der Waals surface area (Å²) in [6.45, 7) is 7.45. The summed E-state index contributed by atoms with van der Waals surface area (Å²) in [4.78, 5) is 49.0. The summed E-state index contributed by atoms with van der Waals surface area (Å²) < 4.78 is 16.1. The first-order valence-electron chi connectivity index (χ1n) is 9.12. The lowest BCUT2D eigenvalue weighted by molar-refractivity contribution is -0.118. The van der Waals surface area contributed by atoms with Gasteiger partial charge in [0.25, 0.3) is 5.56 Å². The van der Waals surface area contributed by atoms with Crippen molar-refractivity contribution in [3.8, 4) is 0 Å². The SMILES string of the molecule is CC.CC(C)C(=O)Nc1nc2c(ncn2C2CCC(CO)O2)c(=O)[nH]1.O=[P+](O)O. The zero-order valence-corrected chi connectivity index (χ0v) is 17.6. The number of hydrogen-bond donors (Lipinski definition) is 5. The van der Waals surface area contributed by atoms with Crippen molar-refractivity contribution < 1.29 is 29.0 Å². The summed E-state index contributed by atoms with van der Waals surface area (Å²) in [7, 11) is -2.87.